The molecule has 0 atom stereocenters. The first kappa shape index (κ1) is 18.3. The molecule has 0 amide bonds. The van der Waals surface area contributed by atoms with E-state index in [2.05, 4.69) is 9.44 Å². The number of halogens is 5. The van der Waals surface area contributed by atoms with Crippen LogP contribution in [0.5, 0.6) is 0 Å². The predicted octanol–water partition coefficient (Wildman–Crippen LogP) is 3.02. The summed E-state index contributed by atoms with van der Waals surface area (Å²) < 4.78 is 93.7. The molecule has 0 aliphatic rings. The minimum Gasteiger partial charge on any atom is -0.263 e. The Hall–Kier alpha value is -3.00. The minimum atomic E-state index is -5.53. The Morgan fingerprint density at radius 2 is 1.40 bits per heavy atom. The van der Waals surface area contributed by atoms with Gasteiger partial charge in [-0.1, -0.05) is 35.5 Å². The van der Waals surface area contributed by atoms with Crippen molar-refractivity contribution in [3.63, 3.8) is 0 Å². The van der Waals surface area contributed by atoms with Gasteiger partial charge in [0.25, 0.3) is 0 Å². The average Bonchev–Trinajstić information content (AvgIpc) is 2.59. The summed E-state index contributed by atoms with van der Waals surface area (Å²) in [6.45, 7) is 0. The summed E-state index contributed by atoms with van der Waals surface area (Å²) in [6.07, 6.45) is 0. The highest BCUT2D eigenvalue weighted by Crippen LogP contribution is 2.28. The molecule has 0 aliphatic heterocycles. The number of benzene rings is 2. The molecule has 0 saturated heterocycles. The number of hydrogen-bond acceptors (Lipinski definition) is 5. The zero-order valence-corrected chi connectivity index (χ0v) is 12.6. The van der Waals surface area contributed by atoms with Gasteiger partial charge in [0, 0.05) is 5.56 Å². The molecule has 0 saturated carbocycles. The van der Waals surface area contributed by atoms with Gasteiger partial charge in [-0.15, -0.1) is 0 Å². The van der Waals surface area contributed by atoms with Crippen LogP contribution in [0.25, 0.3) is 0 Å². The second-order valence-electron chi connectivity index (χ2n) is 4.35. The Labute approximate surface area is 137 Å². The lowest BCUT2D eigenvalue weighted by Crippen LogP contribution is -2.14. The molecule has 11 heteroatoms. The first-order valence-corrected chi connectivity index (χ1v) is 7.60. The van der Waals surface area contributed by atoms with Crippen molar-refractivity contribution in [1.82, 2.24) is 0 Å². The molecule has 0 unspecified atom stereocenters. The van der Waals surface area contributed by atoms with Crippen LogP contribution in [0.2, 0.25) is 0 Å². The third-order valence-electron chi connectivity index (χ3n) is 2.80. The topological polar surface area (TPSA) is 79.5 Å². The molecule has 0 fully saturated rings. The summed E-state index contributed by atoms with van der Waals surface area (Å²) in [6, 6.07) is 8.68. The van der Waals surface area contributed by atoms with Crippen molar-refractivity contribution in [2.75, 3.05) is 0 Å². The van der Waals surface area contributed by atoms with Crippen LogP contribution in [0.4, 0.5) is 22.0 Å². The molecule has 0 radical (unpaired) electrons. The molecule has 0 aliphatic carbocycles. The summed E-state index contributed by atoms with van der Waals surface area (Å²) >= 11 is 0. The lowest BCUT2D eigenvalue weighted by Gasteiger charge is -2.07. The third-order valence-corrected chi connectivity index (χ3v) is 3.93. The van der Waals surface area contributed by atoms with E-state index in [1.807, 2.05) is 0 Å². The van der Waals surface area contributed by atoms with Gasteiger partial charge in [0.2, 0.25) is 5.82 Å². The Kier molecular flexibility index (Phi) is 5.03. The van der Waals surface area contributed by atoms with E-state index in [-0.39, 0.29) is 5.56 Å². The quantitative estimate of drug-likeness (QED) is 0.270. The van der Waals surface area contributed by atoms with E-state index in [0.717, 1.165) is 0 Å². The molecule has 2 aromatic rings. The van der Waals surface area contributed by atoms with Gasteiger partial charge in [-0.3, -0.25) is 4.28 Å². The number of nitrogens with zero attached hydrogens (tertiary/aromatic N) is 2. The highest BCUT2D eigenvalue weighted by Gasteiger charge is 2.35. The van der Waals surface area contributed by atoms with Gasteiger partial charge >= 0.3 is 10.1 Å². The van der Waals surface area contributed by atoms with Crippen molar-refractivity contribution in [2.45, 2.75) is 4.90 Å². The van der Waals surface area contributed by atoms with Crippen LogP contribution < -0.4 is 0 Å². The van der Waals surface area contributed by atoms with Crippen molar-refractivity contribution < 1.29 is 34.7 Å². The van der Waals surface area contributed by atoms with Gasteiger partial charge in [0.15, 0.2) is 33.9 Å². The second kappa shape index (κ2) is 6.86. The third kappa shape index (κ3) is 3.43. The van der Waals surface area contributed by atoms with Crippen LogP contribution >= 0.6 is 0 Å². The predicted molar refractivity (Wildman–Crippen MR) is 73.1 cm³/mol. The van der Waals surface area contributed by atoms with Crippen molar-refractivity contribution >= 4 is 15.8 Å². The standard InChI is InChI=1S/C14H5F5N2O3S/c15-9-10(16)12(18)14(13(19)11(9)17)25(22,23)24-21-8(6-20)7-4-2-1-3-5-7/h1-5H/b21-8-. The Morgan fingerprint density at radius 1 is 0.920 bits per heavy atom. The summed E-state index contributed by atoms with van der Waals surface area (Å²) in [5, 5.41) is 11.8. The molecule has 0 bridgehead atoms. The first-order valence-electron chi connectivity index (χ1n) is 6.19. The number of hydrogen-bond donors (Lipinski definition) is 0. The lowest BCUT2D eigenvalue weighted by atomic mass is 10.1. The summed E-state index contributed by atoms with van der Waals surface area (Å²) in [4.78, 5) is -2.21. The van der Waals surface area contributed by atoms with Crippen LogP contribution in [0.3, 0.4) is 0 Å². The van der Waals surface area contributed by atoms with Crippen LogP contribution in [0.15, 0.2) is 40.4 Å². The number of rotatable bonds is 4. The Balaban J connectivity index is 2.51. The largest absolute Gasteiger partial charge is 0.364 e. The van der Waals surface area contributed by atoms with E-state index in [4.69, 9.17) is 5.26 Å². The molecule has 0 aromatic heterocycles. The van der Waals surface area contributed by atoms with E-state index in [1.54, 1.807) is 6.07 Å². The van der Waals surface area contributed by atoms with Gasteiger partial charge < -0.3 is 0 Å². The Bertz CT molecular complexity index is 972. The fraction of sp³-hybridized carbons (Fsp3) is 0. The van der Waals surface area contributed by atoms with Gasteiger partial charge in [0.05, 0.1) is 0 Å². The number of oxime groups is 1. The van der Waals surface area contributed by atoms with Crippen LogP contribution in [-0.4, -0.2) is 14.1 Å². The zero-order valence-electron chi connectivity index (χ0n) is 11.8. The molecule has 2 aromatic carbocycles. The fourth-order valence-electron chi connectivity index (χ4n) is 1.66. The van der Waals surface area contributed by atoms with E-state index >= 15 is 0 Å². The zero-order chi connectivity index (χ0) is 18.8. The molecule has 130 valence electrons. The molecule has 0 spiro atoms. The maximum Gasteiger partial charge on any atom is 0.364 e. The van der Waals surface area contributed by atoms with E-state index in [0.29, 0.717) is 0 Å². The van der Waals surface area contributed by atoms with E-state index < -0.39 is 49.8 Å². The van der Waals surface area contributed by atoms with Crippen LogP contribution in [0.1, 0.15) is 5.56 Å². The number of nitriles is 1. The molecular weight excluding hydrogens is 371 g/mol. The fourth-order valence-corrected chi connectivity index (χ4v) is 2.53. The smallest absolute Gasteiger partial charge is 0.263 e. The maximum absolute atomic E-state index is 13.5. The van der Waals surface area contributed by atoms with Crippen molar-refractivity contribution in [1.29, 1.82) is 5.26 Å². The summed E-state index contributed by atoms with van der Waals surface area (Å²) in [5.41, 5.74) is -0.509. The normalized spacial score (nSPS) is 11.9. The molecule has 2 rings (SSSR count). The SMILES string of the molecule is N#C/C(=N/OS(=O)(=O)c1c(F)c(F)c(F)c(F)c1F)c1ccccc1. The average molecular weight is 376 g/mol. The van der Waals surface area contributed by atoms with Crippen LogP contribution in [0, 0.1) is 40.4 Å². The molecular formula is C14H5F5N2O3S. The minimum absolute atomic E-state index is 0.0950. The highest BCUT2D eigenvalue weighted by molar-refractivity contribution is 7.86. The molecule has 25 heavy (non-hydrogen) atoms. The first-order chi connectivity index (χ1) is 11.7. The van der Waals surface area contributed by atoms with Crippen LogP contribution in [-0.2, 0) is 14.4 Å². The van der Waals surface area contributed by atoms with Crippen molar-refractivity contribution in [3.05, 3.63) is 65.0 Å². The molecule has 0 heterocycles. The monoisotopic (exact) mass is 376 g/mol. The maximum atomic E-state index is 13.5. The van der Waals surface area contributed by atoms with Gasteiger partial charge in [-0.05, 0) is 0 Å². The Morgan fingerprint density at radius 3 is 1.88 bits per heavy atom. The van der Waals surface area contributed by atoms with Gasteiger partial charge in [0.1, 0.15) is 6.07 Å². The summed E-state index contributed by atoms with van der Waals surface area (Å²) in [7, 11) is -5.53. The second-order valence-corrected chi connectivity index (χ2v) is 5.81. The lowest BCUT2D eigenvalue weighted by molar-refractivity contribution is 0.318. The molecule has 5 nitrogen and oxygen atoms in total. The highest BCUT2D eigenvalue weighted by atomic mass is 32.2. The van der Waals surface area contributed by atoms with E-state index in [9.17, 15) is 30.4 Å². The van der Waals surface area contributed by atoms with Crippen molar-refractivity contribution in [2.24, 2.45) is 5.16 Å². The van der Waals surface area contributed by atoms with E-state index in [1.165, 1.54) is 30.3 Å². The molecule has 0 N–H and O–H groups in total. The summed E-state index contributed by atoms with van der Waals surface area (Å²) in [5.74, 6) is -12.7. The van der Waals surface area contributed by atoms with Gasteiger partial charge in [-0.2, -0.15) is 13.7 Å². The van der Waals surface area contributed by atoms with Gasteiger partial charge in [-0.25, -0.2) is 22.0 Å². The van der Waals surface area contributed by atoms with Crippen molar-refractivity contribution in [3.8, 4) is 6.07 Å².